The van der Waals surface area contributed by atoms with E-state index in [0.717, 1.165) is 63.3 Å². The first-order chi connectivity index (χ1) is 17.0. The van der Waals surface area contributed by atoms with E-state index in [2.05, 4.69) is 54.9 Å². The van der Waals surface area contributed by atoms with E-state index in [1.807, 2.05) is 32.1 Å². The lowest BCUT2D eigenvalue weighted by atomic mass is 10.0. The Balaban J connectivity index is 0.00000141. The van der Waals surface area contributed by atoms with Gasteiger partial charge in [0.05, 0.1) is 28.0 Å². The van der Waals surface area contributed by atoms with Gasteiger partial charge in [-0.2, -0.15) is 0 Å². The highest BCUT2D eigenvalue weighted by atomic mass is 32.1. The third-order valence-electron chi connectivity index (χ3n) is 6.91. The minimum atomic E-state index is -0.580. The number of nitrogens with two attached hydrogens (primary N) is 1. The number of aryl methyl sites for hydroxylation is 2. The van der Waals surface area contributed by atoms with Crippen LogP contribution in [0.4, 0.5) is 5.69 Å². The monoisotopic (exact) mass is 490 g/mol. The number of fused-ring (bicyclic) bond motifs is 2. The Hall–Kier alpha value is -2.70. The average molecular weight is 491 g/mol. The first-order valence-electron chi connectivity index (χ1n) is 13.0. The van der Waals surface area contributed by atoms with Crippen molar-refractivity contribution in [2.24, 2.45) is 17.6 Å². The fourth-order valence-corrected chi connectivity index (χ4v) is 6.03. The highest BCUT2D eigenvalue weighted by Gasteiger charge is 2.38. The molecule has 0 radical (unpaired) electrons. The van der Waals surface area contributed by atoms with Crippen LogP contribution in [0.25, 0.3) is 10.2 Å². The average Bonchev–Trinajstić information content (AvgIpc) is 3.63. The molecule has 35 heavy (non-hydrogen) atoms. The van der Waals surface area contributed by atoms with Gasteiger partial charge in [0.25, 0.3) is 0 Å². The maximum Gasteiger partial charge on any atom is 0.237 e. The molecule has 1 saturated carbocycles. The molecule has 0 aromatic carbocycles. The van der Waals surface area contributed by atoms with Crippen molar-refractivity contribution in [1.29, 1.82) is 0 Å². The SMILES string of the molecule is CC.CCc1cc(NCC2=CC=CC3CC23)c2sc(C[C@@H](N)C(=O)NC3C=CC=CC3)c(C)c2n1. The summed E-state index contributed by atoms with van der Waals surface area (Å²) in [6.45, 7) is 9.11. The predicted octanol–water partition coefficient (Wildman–Crippen LogP) is 5.61. The Bertz CT molecular complexity index is 1190. The summed E-state index contributed by atoms with van der Waals surface area (Å²) in [5, 5.41) is 6.75. The Labute approximate surface area is 213 Å². The molecule has 5 rings (SSSR count). The molecule has 0 bridgehead atoms. The molecule has 4 N–H and O–H groups in total. The number of carbonyl (C=O) groups is 1. The second-order valence-electron chi connectivity index (χ2n) is 9.30. The van der Waals surface area contributed by atoms with E-state index in [1.54, 1.807) is 11.3 Å². The third-order valence-corrected chi connectivity index (χ3v) is 8.24. The molecule has 3 unspecified atom stereocenters. The van der Waals surface area contributed by atoms with E-state index < -0.39 is 6.04 Å². The van der Waals surface area contributed by atoms with E-state index >= 15 is 0 Å². The molecule has 1 amide bonds. The van der Waals surface area contributed by atoms with Crippen LogP contribution in [0.3, 0.4) is 0 Å². The van der Waals surface area contributed by atoms with Gasteiger partial charge in [0.1, 0.15) is 0 Å². The van der Waals surface area contributed by atoms with E-state index in [1.165, 1.54) is 12.0 Å². The van der Waals surface area contributed by atoms with Crippen molar-refractivity contribution in [2.45, 2.75) is 65.5 Å². The number of hydrogen-bond donors (Lipinski definition) is 3. The lowest BCUT2D eigenvalue weighted by Gasteiger charge is -2.18. The zero-order valence-corrected chi connectivity index (χ0v) is 22.1. The summed E-state index contributed by atoms with van der Waals surface area (Å²) >= 11 is 1.72. The third kappa shape index (κ3) is 5.76. The number of amides is 1. The van der Waals surface area contributed by atoms with Crippen LogP contribution in [0.5, 0.6) is 0 Å². The summed E-state index contributed by atoms with van der Waals surface area (Å²) in [5.41, 5.74) is 12.2. The highest BCUT2D eigenvalue weighted by molar-refractivity contribution is 7.19. The zero-order valence-electron chi connectivity index (χ0n) is 21.3. The van der Waals surface area contributed by atoms with Gasteiger partial charge in [-0.3, -0.25) is 9.78 Å². The van der Waals surface area contributed by atoms with Crippen LogP contribution in [0.2, 0.25) is 0 Å². The molecule has 3 aliphatic carbocycles. The first kappa shape index (κ1) is 25.4. The minimum absolute atomic E-state index is 0.0247. The number of nitrogens with zero attached hydrogens (tertiary/aromatic N) is 1. The van der Waals surface area contributed by atoms with Gasteiger partial charge in [-0.05, 0) is 55.2 Å². The number of pyridine rings is 1. The maximum absolute atomic E-state index is 12.7. The van der Waals surface area contributed by atoms with Crippen molar-refractivity contribution in [2.75, 3.05) is 11.9 Å². The van der Waals surface area contributed by atoms with E-state index in [-0.39, 0.29) is 11.9 Å². The van der Waals surface area contributed by atoms with Gasteiger partial charge in [0.2, 0.25) is 5.91 Å². The number of rotatable bonds is 8. The molecule has 0 saturated heterocycles. The fraction of sp³-hybridized carbons (Fsp3) is 0.448. The summed E-state index contributed by atoms with van der Waals surface area (Å²) in [5.74, 6) is 1.37. The molecule has 0 spiro atoms. The van der Waals surface area contributed by atoms with Crippen molar-refractivity contribution >= 4 is 33.1 Å². The molecule has 4 atom stereocenters. The van der Waals surface area contributed by atoms with Crippen LogP contribution >= 0.6 is 11.3 Å². The van der Waals surface area contributed by atoms with Crippen LogP contribution in [-0.2, 0) is 17.6 Å². The minimum Gasteiger partial charge on any atom is -0.380 e. The van der Waals surface area contributed by atoms with Crippen molar-refractivity contribution in [3.05, 3.63) is 70.3 Å². The number of thiophene rings is 1. The van der Waals surface area contributed by atoms with Crippen LogP contribution in [0.15, 0.2) is 54.2 Å². The molecule has 2 aromatic rings. The largest absolute Gasteiger partial charge is 0.380 e. The molecule has 2 aromatic heterocycles. The number of aromatic nitrogens is 1. The Kier molecular flexibility index (Phi) is 8.24. The lowest BCUT2D eigenvalue weighted by Crippen LogP contribution is -2.45. The van der Waals surface area contributed by atoms with Crippen LogP contribution in [0, 0.1) is 18.8 Å². The predicted molar refractivity (Wildman–Crippen MR) is 149 cm³/mol. The summed E-state index contributed by atoms with van der Waals surface area (Å²) in [4.78, 5) is 18.8. The van der Waals surface area contributed by atoms with E-state index in [0.29, 0.717) is 6.42 Å². The molecule has 5 nitrogen and oxygen atoms in total. The van der Waals surface area contributed by atoms with Crippen molar-refractivity contribution in [3.63, 3.8) is 0 Å². The van der Waals surface area contributed by atoms with Crippen LogP contribution < -0.4 is 16.4 Å². The smallest absolute Gasteiger partial charge is 0.237 e. The molecular weight excluding hydrogens is 452 g/mol. The molecule has 6 heteroatoms. The fourth-order valence-electron chi connectivity index (χ4n) is 4.74. The zero-order chi connectivity index (χ0) is 24.9. The molecule has 2 heterocycles. The van der Waals surface area contributed by atoms with Crippen LogP contribution in [0.1, 0.15) is 49.7 Å². The van der Waals surface area contributed by atoms with Crippen molar-refractivity contribution in [3.8, 4) is 0 Å². The van der Waals surface area contributed by atoms with Gasteiger partial charge in [0, 0.05) is 23.5 Å². The second kappa shape index (κ2) is 11.4. The molecule has 1 fully saturated rings. The Morgan fingerprint density at radius 1 is 1.26 bits per heavy atom. The van der Waals surface area contributed by atoms with Gasteiger partial charge >= 0.3 is 0 Å². The van der Waals surface area contributed by atoms with Gasteiger partial charge in [-0.1, -0.05) is 63.3 Å². The lowest BCUT2D eigenvalue weighted by molar-refractivity contribution is -0.122. The normalized spacial score (nSPS) is 22.7. The van der Waals surface area contributed by atoms with Gasteiger partial charge in [-0.25, -0.2) is 0 Å². The summed E-state index contributed by atoms with van der Waals surface area (Å²) in [7, 11) is 0. The molecular formula is C29H38N4OS. The summed E-state index contributed by atoms with van der Waals surface area (Å²) in [6.07, 6.45) is 18.3. The van der Waals surface area contributed by atoms with Crippen molar-refractivity contribution < 1.29 is 4.79 Å². The van der Waals surface area contributed by atoms with E-state index in [4.69, 9.17) is 10.7 Å². The molecule has 0 aliphatic heterocycles. The number of nitrogens with one attached hydrogen (secondary N) is 2. The number of hydrogen-bond acceptors (Lipinski definition) is 5. The van der Waals surface area contributed by atoms with Gasteiger partial charge in [0.15, 0.2) is 0 Å². The summed E-state index contributed by atoms with van der Waals surface area (Å²) in [6, 6.07) is 1.63. The van der Waals surface area contributed by atoms with Crippen LogP contribution in [-0.4, -0.2) is 29.5 Å². The molecule has 186 valence electrons. The van der Waals surface area contributed by atoms with Crippen molar-refractivity contribution in [1.82, 2.24) is 10.3 Å². The number of allylic oxidation sites excluding steroid dienone is 5. The highest BCUT2D eigenvalue weighted by Crippen LogP contribution is 2.47. The topological polar surface area (TPSA) is 80.0 Å². The molecule has 3 aliphatic rings. The van der Waals surface area contributed by atoms with Gasteiger partial charge in [-0.15, -0.1) is 11.3 Å². The maximum atomic E-state index is 12.7. The quantitative estimate of drug-likeness (QED) is 0.449. The van der Waals surface area contributed by atoms with E-state index in [9.17, 15) is 4.79 Å². The number of carbonyl (C=O) groups excluding carboxylic acids is 1. The standard InChI is InChI=1S/C27H32N4OS.C2H6/c1-3-19-13-23(29-15-18-9-7-8-17-12-21(17)18)26-25(30-19)16(2)24(33-26)14-22(28)27(32)31-20-10-5-4-6-11-20;1-2/h4-10,13,17,20-22H,3,11-12,14-15,28H2,1-2H3,(H,29,30)(H,31,32);1-2H3/t17?,20?,21?,22-;/m1./s1. The summed E-state index contributed by atoms with van der Waals surface area (Å²) < 4.78 is 1.16. The Morgan fingerprint density at radius 3 is 2.83 bits per heavy atom. The second-order valence-corrected chi connectivity index (χ2v) is 10.4. The van der Waals surface area contributed by atoms with Gasteiger partial charge < -0.3 is 16.4 Å². The Morgan fingerprint density at radius 2 is 2.09 bits per heavy atom. The first-order valence-corrected chi connectivity index (χ1v) is 13.8. The number of anilines is 1.